The van der Waals surface area contributed by atoms with Crippen LogP contribution in [0.15, 0.2) is 0 Å². The monoisotopic (exact) mass is 268 g/mol. The molecule has 1 aliphatic heterocycles. The van der Waals surface area contributed by atoms with E-state index in [2.05, 4.69) is 9.68 Å². The third-order valence-corrected chi connectivity index (χ3v) is 2.31. The smallest absolute Gasteiger partial charge is 0.295 e. The zero-order valence-corrected chi connectivity index (χ0v) is 8.66. The third-order valence-electron chi connectivity index (χ3n) is 2.31. The van der Waals surface area contributed by atoms with Gasteiger partial charge < -0.3 is 19.9 Å². The first-order valence-corrected chi connectivity index (χ1v) is 4.58. The van der Waals surface area contributed by atoms with E-state index in [1.165, 1.54) is 0 Å². The van der Waals surface area contributed by atoms with Gasteiger partial charge in [0.15, 0.2) is 6.10 Å². The molecule has 4 unspecified atom stereocenters. The lowest BCUT2D eigenvalue weighted by molar-refractivity contribution is -0.903. The molecule has 0 saturated carbocycles. The van der Waals surface area contributed by atoms with E-state index in [1.807, 2.05) is 0 Å². The number of hydrogen-bond donors (Lipinski definition) is 1. The van der Waals surface area contributed by atoms with Crippen molar-refractivity contribution < 1.29 is 29.8 Å². The van der Waals surface area contributed by atoms with Gasteiger partial charge in [-0.25, -0.2) is 0 Å². The van der Waals surface area contributed by atoms with Crippen LogP contribution in [-0.4, -0.2) is 46.4 Å². The second-order valence-corrected chi connectivity index (χ2v) is 3.46. The molecule has 0 radical (unpaired) electrons. The highest BCUT2D eigenvalue weighted by Crippen LogP contribution is 2.13. The summed E-state index contributed by atoms with van der Waals surface area (Å²) in [7, 11) is 0. The van der Waals surface area contributed by atoms with E-state index >= 15 is 0 Å². The molecular formula is C5H8N4O9. The zero-order valence-electron chi connectivity index (χ0n) is 8.66. The first-order chi connectivity index (χ1) is 8.31. The number of hydroxylamine groups is 2. The van der Waals surface area contributed by atoms with Crippen molar-refractivity contribution in [2.24, 2.45) is 0 Å². The fourth-order valence-corrected chi connectivity index (χ4v) is 1.66. The highest BCUT2D eigenvalue weighted by atomic mass is 17.0. The second-order valence-electron chi connectivity index (χ2n) is 3.46. The van der Waals surface area contributed by atoms with E-state index < -0.39 is 51.5 Å². The minimum Gasteiger partial charge on any atom is -0.634 e. The lowest BCUT2D eigenvalue weighted by Crippen LogP contribution is -3.12. The Morgan fingerprint density at radius 1 is 1.00 bits per heavy atom. The average molecular weight is 268 g/mol. The Morgan fingerprint density at radius 3 is 2.00 bits per heavy atom. The molecule has 0 aliphatic carbocycles. The summed E-state index contributed by atoms with van der Waals surface area (Å²) in [6.07, 6.45) is -3.46. The molecule has 0 aromatic heterocycles. The molecule has 0 bridgehead atoms. The van der Waals surface area contributed by atoms with Crippen molar-refractivity contribution in [1.82, 2.24) is 0 Å². The van der Waals surface area contributed by atoms with Gasteiger partial charge in [0, 0.05) is 4.92 Å². The summed E-state index contributed by atoms with van der Waals surface area (Å²) >= 11 is 0. The van der Waals surface area contributed by atoms with Gasteiger partial charge in [0.1, 0.15) is 13.1 Å². The maximum Gasteiger partial charge on any atom is 0.295 e. The van der Waals surface area contributed by atoms with Crippen molar-refractivity contribution in [3.8, 4) is 0 Å². The summed E-state index contributed by atoms with van der Waals surface area (Å²) in [5.41, 5.74) is 0. The van der Waals surface area contributed by atoms with Crippen LogP contribution in [0.5, 0.6) is 0 Å². The SMILES string of the molecule is O=[N+]([O-])OC1C[NH+]([O-])CC([N+](=O)[O-])C1O[N+](=O)[O-]. The molecule has 1 saturated heterocycles. The molecule has 0 aromatic carbocycles. The average Bonchev–Trinajstić information content (AvgIpc) is 2.19. The Morgan fingerprint density at radius 2 is 1.56 bits per heavy atom. The Balaban J connectivity index is 2.91. The van der Waals surface area contributed by atoms with Crippen molar-refractivity contribution in [2.75, 3.05) is 13.1 Å². The molecule has 0 amide bonds. The van der Waals surface area contributed by atoms with Crippen molar-refractivity contribution in [2.45, 2.75) is 18.2 Å². The summed E-state index contributed by atoms with van der Waals surface area (Å²) in [6.45, 7) is -1.15. The van der Waals surface area contributed by atoms with Gasteiger partial charge in [0.25, 0.3) is 16.2 Å². The molecule has 0 aromatic rings. The maximum absolute atomic E-state index is 11.2. The summed E-state index contributed by atoms with van der Waals surface area (Å²) in [6, 6.07) is -1.75. The Hall–Kier alpha value is -2.28. The van der Waals surface area contributed by atoms with E-state index in [0.717, 1.165) is 0 Å². The van der Waals surface area contributed by atoms with Gasteiger partial charge in [-0.3, -0.25) is 10.1 Å². The molecule has 13 nitrogen and oxygen atoms in total. The third kappa shape index (κ3) is 3.36. The number of nitrogens with one attached hydrogen (secondary N) is 1. The predicted octanol–water partition coefficient (Wildman–Crippen LogP) is -2.82. The Bertz CT molecular complexity index is 361. The van der Waals surface area contributed by atoms with E-state index in [9.17, 15) is 35.6 Å². The predicted molar refractivity (Wildman–Crippen MR) is 48.6 cm³/mol. The molecule has 13 heteroatoms. The minimum absolute atomic E-state index is 0.552. The number of rotatable bonds is 5. The van der Waals surface area contributed by atoms with Gasteiger partial charge in [-0.05, 0) is 0 Å². The minimum atomic E-state index is -1.79. The molecule has 4 atom stereocenters. The molecule has 1 rings (SSSR count). The van der Waals surface area contributed by atoms with Crippen LogP contribution in [-0.2, 0) is 9.68 Å². The number of nitro groups is 1. The van der Waals surface area contributed by atoms with Crippen molar-refractivity contribution >= 4 is 0 Å². The molecule has 1 N–H and O–H groups in total. The lowest BCUT2D eigenvalue weighted by atomic mass is 10.0. The second kappa shape index (κ2) is 5.37. The largest absolute Gasteiger partial charge is 0.634 e. The van der Waals surface area contributed by atoms with Crippen molar-refractivity contribution in [3.63, 3.8) is 0 Å². The Kier molecular flexibility index (Phi) is 4.11. The number of piperidine rings is 1. The standard InChI is InChI=1S/C5H8N4O9/c10-6-1-3(7(11)12)5(18-9(15)16)4(2-6)17-8(13)14/h3-6H,1-2H2. The lowest BCUT2D eigenvalue weighted by Gasteiger charge is -2.36. The van der Waals surface area contributed by atoms with Crippen LogP contribution < -0.4 is 5.06 Å². The van der Waals surface area contributed by atoms with Crippen LogP contribution in [0.2, 0.25) is 0 Å². The van der Waals surface area contributed by atoms with Crippen LogP contribution in [0.1, 0.15) is 0 Å². The van der Waals surface area contributed by atoms with Crippen LogP contribution in [0.4, 0.5) is 0 Å². The summed E-state index contributed by atoms with van der Waals surface area (Å²) in [5, 5.41) is 38.9. The maximum atomic E-state index is 11.2. The van der Waals surface area contributed by atoms with E-state index in [0.29, 0.717) is 0 Å². The van der Waals surface area contributed by atoms with Gasteiger partial charge in [0.2, 0.25) is 6.10 Å². The fourth-order valence-electron chi connectivity index (χ4n) is 1.66. The van der Waals surface area contributed by atoms with Gasteiger partial charge in [0.05, 0.1) is 0 Å². The number of hydrogen-bond acceptors (Lipinski definition) is 9. The van der Waals surface area contributed by atoms with Crippen LogP contribution in [0.25, 0.3) is 0 Å². The summed E-state index contributed by atoms with van der Waals surface area (Å²) in [5.74, 6) is 0. The first kappa shape index (κ1) is 13.8. The van der Waals surface area contributed by atoms with E-state index in [1.54, 1.807) is 0 Å². The van der Waals surface area contributed by atoms with Crippen LogP contribution >= 0.6 is 0 Å². The first-order valence-electron chi connectivity index (χ1n) is 4.58. The molecule has 1 heterocycles. The summed E-state index contributed by atoms with van der Waals surface area (Å²) < 4.78 is 0. The molecule has 1 fully saturated rings. The number of nitrogens with zero attached hydrogens (tertiary/aromatic N) is 3. The molecular weight excluding hydrogens is 260 g/mol. The van der Waals surface area contributed by atoms with Gasteiger partial charge in [-0.1, -0.05) is 0 Å². The Labute approximate surface area is 97.8 Å². The normalized spacial score (nSPS) is 31.4. The topological polar surface area (TPSA) is 175 Å². The van der Waals surface area contributed by atoms with E-state index in [-0.39, 0.29) is 0 Å². The van der Waals surface area contributed by atoms with Crippen LogP contribution in [0.3, 0.4) is 0 Å². The fraction of sp³-hybridized carbons (Fsp3) is 1.00. The van der Waals surface area contributed by atoms with Gasteiger partial charge >= 0.3 is 0 Å². The number of quaternary nitrogens is 1. The molecule has 102 valence electrons. The van der Waals surface area contributed by atoms with Crippen LogP contribution in [0, 0.1) is 35.6 Å². The molecule has 1 aliphatic rings. The van der Waals surface area contributed by atoms with Gasteiger partial charge in [-0.2, -0.15) is 0 Å². The van der Waals surface area contributed by atoms with Crippen molar-refractivity contribution in [3.05, 3.63) is 35.6 Å². The van der Waals surface area contributed by atoms with E-state index in [4.69, 9.17) is 0 Å². The highest BCUT2D eigenvalue weighted by molar-refractivity contribution is 4.80. The van der Waals surface area contributed by atoms with Crippen molar-refractivity contribution in [1.29, 1.82) is 0 Å². The highest BCUT2D eigenvalue weighted by Gasteiger charge is 2.49. The molecule has 18 heavy (non-hydrogen) atoms. The zero-order chi connectivity index (χ0) is 13.9. The summed E-state index contributed by atoms with van der Waals surface area (Å²) in [4.78, 5) is 38.1. The quantitative estimate of drug-likeness (QED) is 0.313. The van der Waals surface area contributed by atoms with Gasteiger partial charge in [-0.15, -0.1) is 20.2 Å². The molecule has 0 spiro atoms.